The smallest absolute Gasteiger partial charge is 0.422 e. The first-order valence-electron chi connectivity index (χ1n) is 5.74. The van der Waals surface area contributed by atoms with Crippen molar-refractivity contribution in [2.75, 3.05) is 10.5 Å². The normalized spacial score (nSPS) is 11.0. The SMILES string of the molecule is CC(C)OC(=O)NS(=O)(=O)Nc1cc(N)ccc1C(=O)O. The molecule has 1 rings (SSSR count). The van der Waals surface area contributed by atoms with Crippen LogP contribution in [0.4, 0.5) is 16.2 Å². The van der Waals surface area contributed by atoms with E-state index in [-0.39, 0.29) is 16.9 Å². The van der Waals surface area contributed by atoms with Gasteiger partial charge in [0, 0.05) is 5.69 Å². The number of anilines is 2. The number of carboxylic acid groups (broad SMARTS) is 1. The van der Waals surface area contributed by atoms with E-state index in [2.05, 4.69) is 4.74 Å². The van der Waals surface area contributed by atoms with E-state index in [9.17, 15) is 18.0 Å². The van der Waals surface area contributed by atoms with Gasteiger partial charge in [0.15, 0.2) is 0 Å². The quantitative estimate of drug-likeness (QED) is 0.586. The van der Waals surface area contributed by atoms with E-state index in [0.717, 1.165) is 12.1 Å². The molecule has 0 aromatic heterocycles. The topological polar surface area (TPSA) is 148 Å². The van der Waals surface area contributed by atoms with Gasteiger partial charge in [0.2, 0.25) is 0 Å². The molecule has 21 heavy (non-hydrogen) atoms. The van der Waals surface area contributed by atoms with Crippen LogP contribution >= 0.6 is 0 Å². The van der Waals surface area contributed by atoms with Gasteiger partial charge in [0.25, 0.3) is 0 Å². The summed E-state index contributed by atoms with van der Waals surface area (Å²) in [7, 11) is -4.35. The summed E-state index contributed by atoms with van der Waals surface area (Å²) >= 11 is 0. The Kier molecular flexibility index (Phi) is 4.97. The molecule has 0 unspecified atom stereocenters. The summed E-state index contributed by atoms with van der Waals surface area (Å²) in [4.78, 5) is 22.3. The number of carbonyl (C=O) groups excluding carboxylic acids is 1. The summed E-state index contributed by atoms with van der Waals surface area (Å²) in [6.45, 7) is 3.08. The van der Waals surface area contributed by atoms with Crippen molar-refractivity contribution >= 4 is 33.6 Å². The van der Waals surface area contributed by atoms with Crippen LogP contribution in [0.5, 0.6) is 0 Å². The van der Waals surface area contributed by atoms with Crippen molar-refractivity contribution in [3.63, 3.8) is 0 Å². The summed E-state index contributed by atoms with van der Waals surface area (Å²) in [6.07, 6.45) is -1.69. The Morgan fingerprint density at radius 3 is 2.48 bits per heavy atom. The predicted molar refractivity (Wildman–Crippen MR) is 75.1 cm³/mol. The second-order valence-corrected chi connectivity index (χ2v) is 5.69. The third kappa shape index (κ3) is 5.18. The highest BCUT2D eigenvalue weighted by Gasteiger charge is 2.20. The van der Waals surface area contributed by atoms with E-state index < -0.39 is 28.4 Å². The maximum absolute atomic E-state index is 11.7. The molecule has 0 aliphatic heterocycles. The molecule has 0 saturated heterocycles. The first-order chi connectivity index (χ1) is 9.60. The molecule has 1 aromatic rings. The monoisotopic (exact) mass is 317 g/mol. The third-order valence-electron chi connectivity index (χ3n) is 2.08. The van der Waals surface area contributed by atoms with Crippen LogP contribution in [-0.2, 0) is 14.9 Å². The van der Waals surface area contributed by atoms with Crippen molar-refractivity contribution < 1.29 is 27.9 Å². The molecule has 9 nitrogen and oxygen atoms in total. The first-order valence-corrected chi connectivity index (χ1v) is 7.23. The van der Waals surface area contributed by atoms with Crippen molar-refractivity contribution in [2.24, 2.45) is 0 Å². The second-order valence-electron chi connectivity index (χ2n) is 4.27. The summed E-state index contributed by atoms with van der Waals surface area (Å²) in [5, 5.41) is 8.97. The molecule has 5 N–H and O–H groups in total. The Balaban J connectivity index is 2.96. The average Bonchev–Trinajstić information content (AvgIpc) is 2.24. The molecule has 0 saturated carbocycles. The maximum atomic E-state index is 11.7. The van der Waals surface area contributed by atoms with Crippen molar-refractivity contribution in [2.45, 2.75) is 20.0 Å². The van der Waals surface area contributed by atoms with Crippen LogP contribution in [0.3, 0.4) is 0 Å². The standard InChI is InChI=1S/C11H15N3O6S/c1-6(2)20-11(17)14-21(18,19)13-9-5-7(12)3-4-8(9)10(15)16/h3-6,13H,12H2,1-2H3,(H,14,17)(H,15,16). The number of benzene rings is 1. The lowest BCUT2D eigenvalue weighted by Gasteiger charge is -2.13. The van der Waals surface area contributed by atoms with Crippen molar-refractivity contribution in [3.8, 4) is 0 Å². The number of nitrogens with two attached hydrogens (primary N) is 1. The van der Waals surface area contributed by atoms with Crippen LogP contribution in [0.25, 0.3) is 0 Å². The van der Waals surface area contributed by atoms with Crippen LogP contribution in [0, 0.1) is 0 Å². The van der Waals surface area contributed by atoms with Gasteiger partial charge in [-0.1, -0.05) is 0 Å². The summed E-state index contributed by atoms with van der Waals surface area (Å²) in [6, 6.07) is 3.57. The molecule has 0 radical (unpaired) electrons. The molecular formula is C11H15N3O6S. The molecule has 0 aliphatic rings. The van der Waals surface area contributed by atoms with Crippen molar-refractivity contribution in [3.05, 3.63) is 23.8 Å². The minimum Gasteiger partial charge on any atom is -0.478 e. The van der Waals surface area contributed by atoms with Crippen LogP contribution in [-0.4, -0.2) is 31.7 Å². The Morgan fingerprint density at radius 2 is 1.95 bits per heavy atom. The van der Waals surface area contributed by atoms with Crippen molar-refractivity contribution in [1.29, 1.82) is 0 Å². The Morgan fingerprint density at radius 1 is 1.33 bits per heavy atom. The highest BCUT2D eigenvalue weighted by atomic mass is 32.2. The molecule has 0 aliphatic carbocycles. The lowest BCUT2D eigenvalue weighted by molar-refractivity contribution is 0.0698. The zero-order valence-electron chi connectivity index (χ0n) is 11.3. The van der Waals surface area contributed by atoms with Gasteiger partial charge in [-0.2, -0.15) is 8.42 Å². The number of rotatable bonds is 5. The minimum atomic E-state index is -4.35. The lowest BCUT2D eigenvalue weighted by atomic mass is 10.1. The summed E-state index contributed by atoms with van der Waals surface area (Å²) < 4.78 is 31.6. The number of nitrogen functional groups attached to an aromatic ring is 1. The zero-order chi connectivity index (χ0) is 16.2. The van der Waals surface area contributed by atoms with Gasteiger partial charge < -0.3 is 15.6 Å². The summed E-state index contributed by atoms with van der Waals surface area (Å²) in [5.41, 5.74) is 5.04. The molecule has 0 atom stereocenters. The second kappa shape index (κ2) is 6.31. The zero-order valence-corrected chi connectivity index (χ0v) is 12.1. The summed E-state index contributed by atoms with van der Waals surface area (Å²) in [5.74, 6) is -1.35. The number of hydrogen-bond donors (Lipinski definition) is 4. The average molecular weight is 317 g/mol. The Hall–Kier alpha value is -2.49. The molecule has 10 heteroatoms. The van der Waals surface area contributed by atoms with E-state index in [1.165, 1.54) is 6.07 Å². The fourth-order valence-electron chi connectivity index (χ4n) is 1.35. The third-order valence-corrected chi connectivity index (χ3v) is 3.00. The van der Waals surface area contributed by atoms with Gasteiger partial charge in [-0.25, -0.2) is 14.3 Å². The van der Waals surface area contributed by atoms with E-state index in [0.29, 0.717) is 0 Å². The number of amides is 1. The van der Waals surface area contributed by atoms with E-state index in [4.69, 9.17) is 10.8 Å². The predicted octanol–water partition coefficient (Wildman–Crippen LogP) is 0.758. The molecule has 0 bridgehead atoms. The van der Waals surface area contributed by atoms with Gasteiger partial charge in [-0.3, -0.25) is 4.72 Å². The van der Waals surface area contributed by atoms with Crippen LogP contribution in [0.15, 0.2) is 18.2 Å². The number of carbonyl (C=O) groups is 2. The maximum Gasteiger partial charge on any atom is 0.422 e. The van der Waals surface area contributed by atoms with Crippen LogP contribution in [0.2, 0.25) is 0 Å². The molecule has 116 valence electrons. The molecule has 0 fully saturated rings. The van der Waals surface area contributed by atoms with Crippen LogP contribution in [0.1, 0.15) is 24.2 Å². The molecule has 0 spiro atoms. The highest BCUT2D eigenvalue weighted by Crippen LogP contribution is 2.20. The molecule has 1 amide bonds. The van der Waals surface area contributed by atoms with Gasteiger partial charge in [-0.05, 0) is 32.0 Å². The number of ether oxygens (including phenoxy) is 1. The number of hydrogen-bond acceptors (Lipinski definition) is 6. The Labute approximate surface area is 121 Å². The highest BCUT2D eigenvalue weighted by molar-refractivity contribution is 7.91. The number of aromatic carboxylic acids is 1. The van der Waals surface area contributed by atoms with Gasteiger partial charge in [0.1, 0.15) is 0 Å². The lowest BCUT2D eigenvalue weighted by Crippen LogP contribution is -2.37. The van der Waals surface area contributed by atoms with Gasteiger partial charge >= 0.3 is 22.3 Å². The van der Waals surface area contributed by atoms with Gasteiger partial charge in [0.05, 0.1) is 17.4 Å². The molecule has 1 aromatic carbocycles. The van der Waals surface area contributed by atoms with Gasteiger partial charge in [-0.15, -0.1) is 0 Å². The fraction of sp³-hybridized carbons (Fsp3) is 0.273. The molecular weight excluding hydrogens is 302 g/mol. The first kappa shape index (κ1) is 16.6. The molecule has 0 heterocycles. The minimum absolute atomic E-state index is 0.155. The fourth-order valence-corrected chi connectivity index (χ4v) is 2.13. The van der Waals surface area contributed by atoms with E-state index in [1.54, 1.807) is 18.6 Å². The Bertz CT molecular complexity index is 656. The van der Waals surface area contributed by atoms with E-state index >= 15 is 0 Å². The number of carboxylic acids is 1. The number of nitrogens with one attached hydrogen (secondary N) is 2. The van der Waals surface area contributed by atoms with Crippen molar-refractivity contribution in [1.82, 2.24) is 4.72 Å². The largest absolute Gasteiger partial charge is 0.478 e. The van der Waals surface area contributed by atoms with E-state index in [1.807, 2.05) is 4.72 Å². The van der Waals surface area contributed by atoms with Crippen LogP contribution < -0.4 is 15.2 Å².